The number of benzene rings is 1. The predicted molar refractivity (Wildman–Crippen MR) is 63.1 cm³/mol. The zero-order valence-corrected chi connectivity index (χ0v) is 9.91. The molecule has 0 bridgehead atoms. The zero-order valence-electron chi connectivity index (χ0n) is 9.15. The van der Waals surface area contributed by atoms with Crippen LogP contribution in [0.5, 0.6) is 0 Å². The molecule has 1 aliphatic carbocycles. The molecule has 82 valence electrons. The molecule has 0 radical (unpaired) electrons. The van der Waals surface area contributed by atoms with E-state index in [0.29, 0.717) is 17.8 Å². The summed E-state index contributed by atoms with van der Waals surface area (Å²) in [7, 11) is 0. The van der Waals surface area contributed by atoms with E-state index < -0.39 is 0 Å². The number of aliphatic hydroxyl groups is 1. The van der Waals surface area contributed by atoms with E-state index in [9.17, 15) is 5.11 Å². The van der Waals surface area contributed by atoms with Gasteiger partial charge < -0.3 is 5.11 Å². The Morgan fingerprint density at radius 1 is 1.27 bits per heavy atom. The highest BCUT2D eigenvalue weighted by Crippen LogP contribution is 2.49. The third-order valence-electron chi connectivity index (χ3n) is 3.73. The highest BCUT2D eigenvalue weighted by atomic mass is 35.5. The minimum absolute atomic E-state index is 0.129. The van der Waals surface area contributed by atoms with Gasteiger partial charge in [0, 0.05) is 5.02 Å². The first kappa shape index (κ1) is 11.0. The SMILES string of the molecule is CCC1C(O)C(C)C1c1ccc(Cl)cc1. The van der Waals surface area contributed by atoms with Crippen molar-refractivity contribution in [3.05, 3.63) is 34.9 Å². The van der Waals surface area contributed by atoms with Crippen LogP contribution in [-0.4, -0.2) is 11.2 Å². The second-order valence-corrected chi connectivity index (χ2v) is 4.94. The monoisotopic (exact) mass is 224 g/mol. The van der Waals surface area contributed by atoms with Crippen molar-refractivity contribution >= 4 is 11.6 Å². The van der Waals surface area contributed by atoms with Gasteiger partial charge in [-0.15, -0.1) is 0 Å². The first-order valence-electron chi connectivity index (χ1n) is 5.58. The van der Waals surface area contributed by atoms with Crippen LogP contribution in [0, 0.1) is 11.8 Å². The van der Waals surface area contributed by atoms with Gasteiger partial charge in [0.25, 0.3) is 0 Å². The second kappa shape index (κ2) is 4.15. The molecule has 0 aliphatic heterocycles. The number of halogens is 1. The summed E-state index contributed by atoms with van der Waals surface area (Å²) in [6.45, 7) is 4.26. The Morgan fingerprint density at radius 2 is 1.87 bits per heavy atom. The Kier molecular flexibility index (Phi) is 3.03. The average molecular weight is 225 g/mol. The number of rotatable bonds is 2. The van der Waals surface area contributed by atoms with Gasteiger partial charge in [0.15, 0.2) is 0 Å². The number of hydrogen-bond donors (Lipinski definition) is 1. The fourth-order valence-corrected chi connectivity index (χ4v) is 2.92. The fraction of sp³-hybridized carbons (Fsp3) is 0.538. The highest BCUT2D eigenvalue weighted by molar-refractivity contribution is 6.30. The van der Waals surface area contributed by atoms with E-state index in [0.717, 1.165) is 11.4 Å². The lowest BCUT2D eigenvalue weighted by Crippen LogP contribution is -2.47. The Morgan fingerprint density at radius 3 is 2.40 bits per heavy atom. The van der Waals surface area contributed by atoms with Gasteiger partial charge in [-0.1, -0.05) is 44.0 Å². The molecule has 0 spiro atoms. The lowest BCUT2D eigenvalue weighted by molar-refractivity contribution is -0.0582. The van der Waals surface area contributed by atoms with Crippen LogP contribution in [0.3, 0.4) is 0 Å². The molecule has 4 atom stereocenters. The Hall–Kier alpha value is -0.530. The van der Waals surface area contributed by atoms with Crippen molar-refractivity contribution in [1.29, 1.82) is 0 Å². The summed E-state index contributed by atoms with van der Waals surface area (Å²) < 4.78 is 0. The molecule has 0 heterocycles. The third-order valence-corrected chi connectivity index (χ3v) is 3.98. The van der Waals surface area contributed by atoms with Crippen LogP contribution in [-0.2, 0) is 0 Å². The van der Waals surface area contributed by atoms with E-state index in [1.54, 1.807) is 0 Å². The zero-order chi connectivity index (χ0) is 11.0. The topological polar surface area (TPSA) is 20.2 Å². The van der Waals surface area contributed by atoms with Crippen LogP contribution in [0.1, 0.15) is 31.7 Å². The minimum Gasteiger partial charge on any atom is -0.393 e. The van der Waals surface area contributed by atoms with Crippen molar-refractivity contribution in [3.63, 3.8) is 0 Å². The second-order valence-electron chi connectivity index (χ2n) is 4.50. The summed E-state index contributed by atoms with van der Waals surface area (Å²) in [4.78, 5) is 0. The molecule has 15 heavy (non-hydrogen) atoms. The number of hydrogen-bond acceptors (Lipinski definition) is 1. The van der Waals surface area contributed by atoms with Crippen LogP contribution in [0.15, 0.2) is 24.3 Å². The van der Waals surface area contributed by atoms with Gasteiger partial charge >= 0.3 is 0 Å². The summed E-state index contributed by atoms with van der Waals surface area (Å²) in [5, 5.41) is 10.6. The van der Waals surface area contributed by atoms with Crippen molar-refractivity contribution in [1.82, 2.24) is 0 Å². The first-order chi connectivity index (χ1) is 7.15. The predicted octanol–water partition coefficient (Wildman–Crippen LogP) is 3.46. The van der Waals surface area contributed by atoms with Gasteiger partial charge in [-0.2, -0.15) is 0 Å². The van der Waals surface area contributed by atoms with Crippen molar-refractivity contribution in [2.75, 3.05) is 0 Å². The quantitative estimate of drug-likeness (QED) is 0.816. The van der Waals surface area contributed by atoms with Crippen LogP contribution in [0.25, 0.3) is 0 Å². The maximum Gasteiger partial charge on any atom is 0.0605 e. The van der Waals surface area contributed by atoms with Crippen molar-refractivity contribution in [3.8, 4) is 0 Å². The van der Waals surface area contributed by atoms with Gasteiger partial charge in [0.2, 0.25) is 0 Å². The van der Waals surface area contributed by atoms with Crippen molar-refractivity contribution in [2.24, 2.45) is 11.8 Å². The molecule has 1 aromatic rings. The highest BCUT2D eigenvalue weighted by Gasteiger charge is 2.46. The van der Waals surface area contributed by atoms with E-state index in [2.05, 4.69) is 26.0 Å². The van der Waals surface area contributed by atoms with Gasteiger partial charge in [-0.05, 0) is 35.4 Å². The lowest BCUT2D eigenvalue weighted by atomic mass is 9.59. The average Bonchev–Trinajstić information content (AvgIpc) is 2.26. The first-order valence-corrected chi connectivity index (χ1v) is 5.96. The molecule has 1 N–H and O–H groups in total. The molecule has 2 rings (SSSR count). The molecule has 1 aromatic carbocycles. The van der Waals surface area contributed by atoms with Crippen molar-refractivity contribution < 1.29 is 5.11 Å². The molecular formula is C13H17ClO. The molecule has 4 unspecified atom stereocenters. The van der Waals surface area contributed by atoms with Gasteiger partial charge in [-0.3, -0.25) is 0 Å². The third kappa shape index (κ3) is 1.79. The van der Waals surface area contributed by atoms with E-state index in [-0.39, 0.29) is 6.10 Å². The summed E-state index contributed by atoms with van der Waals surface area (Å²) in [5.74, 6) is 1.29. The van der Waals surface area contributed by atoms with Gasteiger partial charge in [0.1, 0.15) is 0 Å². The summed E-state index contributed by atoms with van der Waals surface area (Å²) in [6.07, 6.45) is 0.911. The van der Waals surface area contributed by atoms with E-state index in [4.69, 9.17) is 11.6 Å². The van der Waals surface area contributed by atoms with Crippen LogP contribution in [0.2, 0.25) is 5.02 Å². The summed E-state index contributed by atoms with van der Waals surface area (Å²) >= 11 is 5.86. The Labute approximate surface area is 96.1 Å². The number of aliphatic hydroxyl groups excluding tert-OH is 1. The molecule has 1 nitrogen and oxygen atoms in total. The molecule has 1 aliphatic rings. The van der Waals surface area contributed by atoms with Crippen LogP contribution >= 0.6 is 11.6 Å². The molecule has 2 heteroatoms. The smallest absolute Gasteiger partial charge is 0.0605 e. The standard InChI is InChI=1S/C13H17ClO/c1-3-11-12(8(2)13(11)15)9-4-6-10(14)7-5-9/h4-8,11-13,15H,3H2,1-2H3. The molecule has 0 amide bonds. The summed E-state index contributed by atoms with van der Waals surface area (Å²) in [5.41, 5.74) is 1.31. The van der Waals surface area contributed by atoms with E-state index in [1.165, 1.54) is 5.56 Å². The van der Waals surface area contributed by atoms with E-state index >= 15 is 0 Å². The molecule has 0 aromatic heterocycles. The maximum absolute atomic E-state index is 9.84. The summed E-state index contributed by atoms with van der Waals surface area (Å²) in [6, 6.07) is 8.03. The molecule has 1 fully saturated rings. The maximum atomic E-state index is 9.84. The van der Waals surface area contributed by atoms with Gasteiger partial charge in [0.05, 0.1) is 6.10 Å². The van der Waals surface area contributed by atoms with Crippen molar-refractivity contribution in [2.45, 2.75) is 32.3 Å². The van der Waals surface area contributed by atoms with Gasteiger partial charge in [-0.25, -0.2) is 0 Å². The minimum atomic E-state index is -0.129. The molecule has 0 saturated heterocycles. The normalized spacial score (nSPS) is 34.9. The largest absolute Gasteiger partial charge is 0.393 e. The Bertz CT molecular complexity index is 333. The fourth-order valence-electron chi connectivity index (χ4n) is 2.79. The van der Waals surface area contributed by atoms with Crippen LogP contribution in [0.4, 0.5) is 0 Å². The molecule has 1 saturated carbocycles. The Balaban J connectivity index is 2.20. The lowest BCUT2D eigenvalue weighted by Gasteiger charge is -2.48. The molecular weight excluding hydrogens is 208 g/mol. The van der Waals surface area contributed by atoms with Crippen LogP contribution < -0.4 is 0 Å². The van der Waals surface area contributed by atoms with E-state index in [1.807, 2.05) is 12.1 Å².